The van der Waals surface area contributed by atoms with Gasteiger partial charge in [0, 0.05) is 30.1 Å². The molecule has 3 aromatic rings. The Morgan fingerprint density at radius 2 is 1.87 bits per heavy atom. The SMILES string of the molecule is NC(=O)c1cc(-c2ccccc2)cc2c(C3CCN(SCC(F)(F)F)CC3)[nH]nc12. The van der Waals surface area contributed by atoms with Crippen LogP contribution in [-0.2, 0) is 0 Å². The summed E-state index contributed by atoms with van der Waals surface area (Å²) in [5.74, 6) is -1.29. The molecule has 3 N–H and O–H groups in total. The predicted octanol–water partition coefficient (Wildman–Crippen LogP) is 4.72. The largest absolute Gasteiger partial charge is 0.399 e. The molecule has 1 amide bonds. The predicted molar refractivity (Wildman–Crippen MR) is 112 cm³/mol. The van der Waals surface area contributed by atoms with Crippen molar-refractivity contribution in [3.05, 3.63) is 53.7 Å². The summed E-state index contributed by atoms with van der Waals surface area (Å²) in [5, 5.41) is 8.25. The van der Waals surface area contributed by atoms with Gasteiger partial charge in [-0.1, -0.05) is 42.3 Å². The van der Waals surface area contributed by atoms with Gasteiger partial charge in [-0.05, 0) is 36.1 Å². The third kappa shape index (κ3) is 4.46. The lowest BCUT2D eigenvalue weighted by atomic mass is 9.90. The third-order valence-electron chi connectivity index (χ3n) is 5.33. The molecular weight excluding hydrogens is 413 g/mol. The first-order valence-electron chi connectivity index (χ1n) is 9.63. The number of aromatic amines is 1. The molecule has 0 bridgehead atoms. The van der Waals surface area contributed by atoms with E-state index in [4.69, 9.17) is 5.73 Å². The van der Waals surface area contributed by atoms with Crippen molar-refractivity contribution < 1.29 is 18.0 Å². The van der Waals surface area contributed by atoms with E-state index in [1.165, 1.54) is 0 Å². The van der Waals surface area contributed by atoms with Crippen LogP contribution in [0.2, 0.25) is 0 Å². The average Bonchev–Trinajstić information content (AvgIpc) is 3.16. The summed E-state index contributed by atoms with van der Waals surface area (Å²) in [7, 11) is 0. The number of rotatable bonds is 5. The highest BCUT2D eigenvalue weighted by molar-refractivity contribution is 7.97. The molecule has 0 unspecified atom stereocenters. The zero-order chi connectivity index (χ0) is 21.3. The molecule has 0 atom stereocenters. The van der Waals surface area contributed by atoms with Gasteiger partial charge in [0.2, 0.25) is 0 Å². The lowest BCUT2D eigenvalue weighted by Gasteiger charge is -2.30. The molecule has 30 heavy (non-hydrogen) atoms. The highest BCUT2D eigenvalue weighted by Crippen LogP contribution is 2.37. The van der Waals surface area contributed by atoms with E-state index in [-0.39, 0.29) is 5.92 Å². The summed E-state index contributed by atoms with van der Waals surface area (Å²) in [5.41, 5.74) is 9.24. The van der Waals surface area contributed by atoms with Gasteiger partial charge in [0.25, 0.3) is 5.91 Å². The number of amides is 1. The number of hydrogen-bond donors (Lipinski definition) is 2. The fourth-order valence-corrected chi connectivity index (χ4v) is 4.67. The first-order valence-corrected chi connectivity index (χ1v) is 10.6. The standard InChI is InChI=1S/C21H21F3N4OS/c22-21(23,24)12-30-28-8-6-14(7-9-28)18-16-10-15(13-4-2-1-3-5-13)11-17(20(25)29)19(16)27-26-18/h1-5,10-11,14H,6-9,12H2,(H2,25,29)(H,26,27). The quantitative estimate of drug-likeness (QED) is 0.570. The number of hydrogen-bond acceptors (Lipinski definition) is 4. The molecule has 1 aliphatic heterocycles. The van der Waals surface area contributed by atoms with Gasteiger partial charge in [0.1, 0.15) is 11.3 Å². The van der Waals surface area contributed by atoms with Gasteiger partial charge in [0.05, 0.1) is 5.56 Å². The molecule has 158 valence electrons. The number of alkyl halides is 3. The number of fused-ring (bicyclic) bond motifs is 1. The maximum absolute atomic E-state index is 12.5. The average molecular weight is 434 g/mol. The smallest absolute Gasteiger partial charge is 0.366 e. The van der Waals surface area contributed by atoms with E-state index >= 15 is 0 Å². The Morgan fingerprint density at radius 1 is 1.17 bits per heavy atom. The molecule has 1 fully saturated rings. The van der Waals surface area contributed by atoms with Gasteiger partial charge in [-0.3, -0.25) is 14.2 Å². The van der Waals surface area contributed by atoms with Gasteiger partial charge in [-0.25, -0.2) is 0 Å². The number of H-pyrrole nitrogens is 1. The number of benzene rings is 2. The topological polar surface area (TPSA) is 75.0 Å². The van der Waals surface area contributed by atoms with Crippen molar-refractivity contribution in [2.24, 2.45) is 5.73 Å². The molecule has 2 heterocycles. The number of carbonyl (C=O) groups excluding carboxylic acids is 1. The lowest BCUT2D eigenvalue weighted by molar-refractivity contribution is -0.105. The molecule has 4 rings (SSSR count). The number of carbonyl (C=O) groups is 1. The van der Waals surface area contributed by atoms with Crippen molar-refractivity contribution in [3.8, 4) is 11.1 Å². The monoisotopic (exact) mass is 434 g/mol. The van der Waals surface area contributed by atoms with Crippen LogP contribution in [0, 0.1) is 0 Å². The normalized spacial score (nSPS) is 16.2. The maximum atomic E-state index is 12.5. The Hall–Kier alpha value is -2.52. The van der Waals surface area contributed by atoms with Crippen LogP contribution in [0.4, 0.5) is 13.2 Å². The van der Waals surface area contributed by atoms with E-state index in [0.29, 0.717) is 37.0 Å². The van der Waals surface area contributed by atoms with Crippen LogP contribution in [0.3, 0.4) is 0 Å². The molecular formula is C21H21F3N4OS. The second kappa shape index (κ2) is 8.31. The van der Waals surface area contributed by atoms with Crippen LogP contribution in [-0.4, -0.2) is 45.4 Å². The van der Waals surface area contributed by atoms with Crippen LogP contribution in [0.1, 0.15) is 34.8 Å². The van der Waals surface area contributed by atoms with Crippen molar-refractivity contribution in [3.63, 3.8) is 0 Å². The van der Waals surface area contributed by atoms with Gasteiger partial charge >= 0.3 is 6.18 Å². The van der Waals surface area contributed by atoms with Crippen molar-refractivity contribution in [2.75, 3.05) is 18.8 Å². The Morgan fingerprint density at radius 3 is 2.50 bits per heavy atom. The number of halogens is 3. The fourth-order valence-electron chi connectivity index (χ4n) is 3.87. The van der Waals surface area contributed by atoms with Crippen molar-refractivity contribution in [2.45, 2.75) is 24.9 Å². The van der Waals surface area contributed by atoms with Gasteiger partial charge in [-0.2, -0.15) is 18.3 Å². The lowest BCUT2D eigenvalue weighted by Crippen LogP contribution is -2.29. The number of nitrogens with two attached hydrogens (primary N) is 1. The summed E-state index contributed by atoms with van der Waals surface area (Å²) >= 11 is 0.835. The minimum atomic E-state index is -4.17. The first kappa shape index (κ1) is 20.7. The Bertz CT molecular complexity index is 1040. The maximum Gasteiger partial charge on any atom is 0.399 e. The van der Waals surface area contributed by atoms with Crippen molar-refractivity contribution in [1.29, 1.82) is 0 Å². The molecule has 1 aromatic heterocycles. The van der Waals surface area contributed by atoms with Crippen LogP contribution < -0.4 is 5.73 Å². The van der Waals surface area contributed by atoms with E-state index in [0.717, 1.165) is 34.2 Å². The molecule has 1 saturated heterocycles. The van der Waals surface area contributed by atoms with E-state index in [1.807, 2.05) is 36.4 Å². The zero-order valence-electron chi connectivity index (χ0n) is 16.1. The molecule has 1 aliphatic rings. The summed E-state index contributed by atoms with van der Waals surface area (Å²) in [6, 6.07) is 13.4. The number of piperidine rings is 1. The number of primary amides is 1. The number of nitrogens with zero attached hydrogens (tertiary/aromatic N) is 2. The van der Waals surface area contributed by atoms with E-state index < -0.39 is 17.8 Å². The van der Waals surface area contributed by atoms with Crippen LogP contribution in [0.15, 0.2) is 42.5 Å². The second-order valence-electron chi connectivity index (χ2n) is 7.38. The van der Waals surface area contributed by atoms with Gasteiger partial charge in [-0.15, -0.1) is 0 Å². The van der Waals surface area contributed by atoms with Crippen LogP contribution >= 0.6 is 11.9 Å². The highest BCUT2D eigenvalue weighted by atomic mass is 32.2. The molecule has 5 nitrogen and oxygen atoms in total. The Balaban J connectivity index is 1.61. The van der Waals surface area contributed by atoms with E-state index in [1.54, 1.807) is 10.4 Å². The molecule has 0 radical (unpaired) electrons. The van der Waals surface area contributed by atoms with Crippen LogP contribution in [0.25, 0.3) is 22.0 Å². The third-order valence-corrected chi connectivity index (χ3v) is 6.52. The zero-order valence-corrected chi connectivity index (χ0v) is 16.9. The number of aromatic nitrogens is 2. The van der Waals surface area contributed by atoms with E-state index in [9.17, 15) is 18.0 Å². The first-order chi connectivity index (χ1) is 14.3. The van der Waals surface area contributed by atoms with Crippen molar-refractivity contribution in [1.82, 2.24) is 14.5 Å². The van der Waals surface area contributed by atoms with Crippen LogP contribution in [0.5, 0.6) is 0 Å². The Kier molecular flexibility index (Phi) is 5.75. The Labute approximate surface area is 175 Å². The molecule has 0 aliphatic carbocycles. The number of nitrogens with one attached hydrogen (secondary N) is 1. The molecule has 0 spiro atoms. The minimum absolute atomic E-state index is 0.129. The molecule has 2 aromatic carbocycles. The van der Waals surface area contributed by atoms with Crippen molar-refractivity contribution >= 4 is 28.8 Å². The molecule has 0 saturated carbocycles. The summed E-state index contributed by atoms with van der Waals surface area (Å²) < 4.78 is 39.2. The summed E-state index contributed by atoms with van der Waals surface area (Å²) in [6.45, 7) is 1.12. The summed E-state index contributed by atoms with van der Waals surface area (Å²) in [4.78, 5) is 12.0. The summed E-state index contributed by atoms with van der Waals surface area (Å²) in [6.07, 6.45) is -2.74. The highest BCUT2D eigenvalue weighted by Gasteiger charge is 2.31. The minimum Gasteiger partial charge on any atom is -0.366 e. The fraction of sp³-hybridized carbons (Fsp3) is 0.333. The molecule has 9 heteroatoms. The van der Waals surface area contributed by atoms with E-state index in [2.05, 4.69) is 10.2 Å². The van der Waals surface area contributed by atoms with Gasteiger partial charge < -0.3 is 5.73 Å². The second-order valence-corrected chi connectivity index (χ2v) is 8.44. The van der Waals surface area contributed by atoms with Gasteiger partial charge in [0.15, 0.2) is 0 Å².